The summed E-state index contributed by atoms with van der Waals surface area (Å²) in [5.74, 6) is -1.56. The van der Waals surface area contributed by atoms with Crippen LogP contribution < -0.4 is 16.8 Å². The van der Waals surface area contributed by atoms with Gasteiger partial charge in [-0.25, -0.2) is 9.78 Å². The fourth-order valence-corrected chi connectivity index (χ4v) is 3.81. The predicted octanol–water partition coefficient (Wildman–Crippen LogP) is 2.84. The van der Waals surface area contributed by atoms with Gasteiger partial charge in [-0.05, 0) is 44.4 Å². The van der Waals surface area contributed by atoms with Crippen molar-refractivity contribution in [3.05, 3.63) is 46.1 Å². The largest absolute Gasteiger partial charge is 0.466 e. The summed E-state index contributed by atoms with van der Waals surface area (Å²) in [4.78, 5) is 44.7. The number of carbonyl (C=O) groups is 3. The minimum absolute atomic E-state index is 0.00719. The van der Waals surface area contributed by atoms with Gasteiger partial charge in [0, 0.05) is 23.5 Å². The maximum atomic E-state index is 12.8. The summed E-state index contributed by atoms with van der Waals surface area (Å²) < 4.78 is 9.92. The first kappa shape index (κ1) is 26.8. The highest BCUT2D eigenvalue weighted by Gasteiger charge is 2.25. The van der Waals surface area contributed by atoms with Crippen LogP contribution in [0.1, 0.15) is 67.4 Å². The molecule has 1 unspecified atom stereocenters. The van der Waals surface area contributed by atoms with Crippen molar-refractivity contribution < 1.29 is 23.9 Å². The van der Waals surface area contributed by atoms with E-state index < -0.39 is 23.9 Å². The summed E-state index contributed by atoms with van der Waals surface area (Å²) in [5, 5.41) is 2.82. The molecule has 1 amide bonds. The van der Waals surface area contributed by atoms with E-state index >= 15 is 0 Å². The van der Waals surface area contributed by atoms with Crippen molar-refractivity contribution in [1.29, 1.82) is 0 Å². The number of nitrogens with zero attached hydrogens (tertiary/aromatic N) is 2. The van der Waals surface area contributed by atoms with Crippen LogP contribution in [0.15, 0.2) is 24.3 Å². The van der Waals surface area contributed by atoms with Gasteiger partial charge in [0.2, 0.25) is 5.95 Å². The molecule has 2 atom stereocenters. The number of aromatic nitrogens is 2. The monoisotopic (exact) mass is 491 g/mol. The van der Waals surface area contributed by atoms with Crippen molar-refractivity contribution in [2.75, 3.05) is 24.7 Å². The molecule has 1 heterocycles. The second kappa shape index (κ2) is 12.7. The number of esters is 2. The summed E-state index contributed by atoms with van der Waals surface area (Å²) in [6.45, 7) is 5.71. The number of hydrogen-bond acceptors (Lipinski definition) is 9. The van der Waals surface area contributed by atoms with Gasteiger partial charge in [0.1, 0.15) is 17.0 Å². The Labute approximate surface area is 203 Å². The summed E-state index contributed by atoms with van der Waals surface area (Å²) in [7, 11) is 0. The molecule has 0 fully saturated rings. The van der Waals surface area contributed by atoms with E-state index in [0.717, 1.165) is 5.56 Å². The lowest BCUT2D eigenvalue weighted by atomic mass is 9.89. The van der Waals surface area contributed by atoms with Crippen LogP contribution in [0.5, 0.6) is 0 Å². The second-order valence-corrected chi connectivity index (χ2v) is 7.73. The molecule has 2 rings (SSSR count). The first-order chi connectivity index (χ1) is 16.2. The van der Waals surface area contributed by atoms with Crippen molar-refractivity contribution in [1.82, 2.24) is 15.3 Å². The number of ether oxygens (including phenoxy) is 2. The van der Waals surface area contributed by atoms with Crippen molar-refractivity contribution in [3.8, 4) is 0 Å². The Bertz CT molecular complexity index is 992. The van der Waals surface area contributed by atoms with E-state index in [1.54, 1.807) is 38.1 Å². The molecule has 1 aromatic heterocycles. The molecule has 0 bridgehead atoms. The van der Waals surface area contributed by atoms with Crippen molar-refractivity contribution in [3.63, 3.8) is 0 Å². The van der Waals surface area contributed by atoms with Crippen LogP contribution in [0, 0.1) is 0 Å². The van der Waals surface area contributed by atoms with Gasteiger partial charge in [-0.15, -0.1) is 0 Å². The van der Waals surface area contributed by atoms with E-state index in [1.807, 2.05) is 6.92 Å². The number of benzene rings is 1. The predicted molar refractivity (Wildman–Crippen MR) is 128 cm³/mol. The average Bonchev–Trinajstić information content (AvgIpc) is 2.79. The summed E-state index contributed by atoms with van der Waals surface area (Å²) in [5.41, 5.74) is 13.4. The highest BCUT2D eigenvalue weighted by atomic mass is 35.5. The van der Waals surface area contributed by atoms with Gasteiger partial charge >= 0.3 is 11.9 Å². The Morgan fingerprint density at radius 3 is 2.24 bits per heavy atom. The minimum atomic E-state index is -0.981. The number of hydrogen-bond donors (Lipinski definition) is 3. The third kappa shape index (κ3) is 7.05. The van der Waals surface area contributed by atoms with Crippen LogP contribution in [0.2, 0.25) is 5.15 Å². The van der Waals surface area contributed by atoms with Gasteiger partial charge in [-0.1, -0.05) is 30.7 Å². The third-order valence-electron chi connectivity index (χ3n) is 5.10. The number of nitrogen functional groups attached to an aromatic ring is 2. The summed E-state index contributed by atoms with van der Waals surface area (Å²) in [6, 6.07) is 5.82. The quantitative estimate of drug-likeness (QED) is 0.317. The fourth-order valence-electron chi connectivity index (χ4n) is 3.50. The lowest BCUT2D eigenvalue weighted by Gasteiger charge is -2.19. The normalized spacial score (nSPS) is 12.5. The van der Waals surface area contributed by atoms with Crippen molar-refractivity contribution in [2.45, 2.75) is 52.0 Å². The molecule has 0 spiro atoms. The third-order valence-corrected chi connectivity index (χ3v) is 5.38. The standard InChI is InChI=1S/C23H30ClN5O5/c1-4-15(18-19(24)28-23(26)29-20(18)25)13-7-9-14(10-8-13)21(31)27-16(22(32)34-6-3)11-12-17(30)33-5-2/h7-10,15-16H,4-6,11-12H2,1-3H3,(H,27,31)(H4,25,26,28,29)/t15?,16-/m0/s1. The molecule has 184 valence electrons. The molecule has 0 aliphatic rings. The highest BCUT2D eigenvalue weighted by Crippen LogP contribution is 2.35. The number of amides is 1. The van der Waals surface area contributed by atoms with E-state index in [-0.39, 0.29) is 48.9 Å². The molecule has 0 aliphatic heterocycles. The summed E-state index contributed by atoms with van der Waals surface area (Å²) >= 11 is 6.27. The molecule has 10 nitrogen and oxygen atoms in total. The van der Waals surface area contributed by atoms with Gasteiger partial charge in [-0.3, -0.25) is 9.59 Å². The van der Waals surface area contributed by atoms with Gasteiger partial charge in [0.05, 0.1) is 13.2 Å². The van der Waals surface area contributed by atoms with Gasteiger partial charge in [0.25, 0.3) is 5.91 Å². The fraction of sp³-hybridized carbons (Fsp3) is 0.435. The Morgan fingerprint density at radius 1 is 1.03 bits per heavy atom. The molecule has 0 saturated heterocycles. The Kier molecular flexibility index (Phi) is 10.1. The maximum Gasteiger partial charge on any atom is 0.328 e. The molecular formula is C23H30ClN5O5. The maximum absolute atomic E-state index is 12.8. The molecule has 0 aliphatic carbocycles. The highest BCUT2D eigenvalue weighted by molar-refractivity contribution is 6.30. The molecular weight excluding hydrogens is 462 g/mol. The summed E-state index contributed by atoms with van der Waals surface area (Å²) in [6.07, 6.45) is 0.691. The lowest BCUT2D eigenvalue weighted by Crippen LogP contribution is -2.42. The van der Waals surface area contributed by atoms with Crippen molar-refractivity contribution >= 4 is 41.2 Å². The topological polar surface area (TPSA) is 160 Å². The number of nitrogens with two attached hydrogens (primary N) is 2. The molecule has 0 radical (unpaired) electrons. The minimum Gasteiger partial charge on any atom is -0.466 e. The van der Waals surface area contributed by atoms with Gasteiger partial charge in [-0.2, -0.15) is 4.98 Å². The van der Waals surface area contributed by atoms with Gasteiger partial charge in [0.15, 0.2) is 0 Å². The van der Waals surface area contributed by atoms with Crippen LogP contribution in [-0.2, 0) is 19.1 Å². The smallest absolute Gasteiger partial charge is 0.328 e. The van der Waals surface area contributed by atoms with E-state index in [9.17, 15) is 14.4 Å². The molecule has 11 heteroatoms. The van der Waals surface area contributed by atoms with E-state index in [2.05, 4.69) is 15.3 Å². The number of halogens is 1. The average molecular weight is 492 g/mol. The second-order valence-electron chi connectivity index (χ2n) is 7.38. The number of anilines is 2. The number of rotatable bonds is 11. The van der Waals surface area contributed by atoms with Crippen LogP contribution in [0.4, 0.5) is 11.8 Å². The SMILES string of the molecule is CCOC(=O)CC[C@H](NC(=O)c1ccc(C(CC)c2c(N)nc(N)nc2Cl)cc1)C(=O)OCC. The molecule has 0 saturated carbocycles. The lowest BCUT2D eigenvalue weighted by molar-refractivity contribution is -0.146. The van der Waals surface area contributed by atoms with Crippen LogP contribution >= 0.6 is 11.6 Å². The first-order valence-electron chi connectivity index (χ1n) is 11.0. The van der Waals surface area contributed by atoms with E-state index in [0.29, 0.717) is 17.5 Å². The molecule has 34 heavy (non-hydrogen) atoms. The Morgan fingerprint density at radius 2 is 1.68 bits per heavy atom. The van der Waals surface area contributed by atoms with E-state index in [4.69, 9.17) is 32.5 Å². The van der Waals surface area contributed by atoms with Gasteiger partial charge < -0.3 is 26.3 Å². The zero-order valence-corrected chi connectivity index (χ0v) is 20.2. The Hall–Kier alpha value is -3.40. The van der Waals surface area contributed by atoms with Crippen LogP contribution in [0.3, 0.4) is 0 Å². The molecule has 5 N–H and O–H groups in total. The first-order valence-corrected chi connectivity index (χ1v) is 11.4. The van der Waals surface area contributed by atoms with Crippen molar-refractivity contribution in [2.24, 2.45) is 0 Å². The zero-order chi connectivity index (χ0) is 25.3. The number of nitrogens with one attached hydrogen (secondary N) is 1. The van der Waals surface area contributed by atoms with E-state index in [1.165, 1.54) is 0 Å². The zero-order valence-electron chi connectivity index (χ0n) is 19.5. The number of carbonyl (C=O) groups excluding carboxylic acids is 3. The molecule has 2 aromatic rings. The van der Waals surface area contributed by atoms with Crippen LogP contribution in [0.25, 0.3) is 0 Å². The van der Waals surface area contributed by atoms with Crippen LogP contribution in [-0.4, -0.2) is 47.1 Å². The Balaban J connectivity index is 2.18. The molecule has 1 aromatic carbocycles.